The maximum atomic E-state index is 11.8. The third kappa shape index (κ3) is 9.02. The van der Waals surface area contributed by atoms with Gasteiger partial charge >= 0.3 is 5.97 Å². The molecular weight excluding hydrogens is 230 g/mol. The Morgan fingerprint density at radius 3 is 2.28 bits per heavy atom. The van der Waals surface area contributed by atoms with Gasteiger partial charge in [0.2, 0.25) is 5.91 Å². The minimum atomic E-state index is -0.841. The highest BCUT2D eigenvalue weighted by Crippen LogP contribution is 2.10. The summed E-state index contributed by atoms with van der Waals surface area (Å²) in [5.41, 5.74) is 0. The number of hydrogen-bond acceptors (Lipinski definition) is 2. The van der Waals surface area contributed by atoms with Gasteiger partial charge in [0.05, 0.1) is 0 Å². The molecule has 0 aliphatic carbocycles. The monoisotopic (exact) mass is 257 g/mol. The first-order valence-corrected chi connectivity index (χ1v) is 7.00. The predicted octanol–water partition coefficient (Wildman–Crippen LogP) is 2.96. The Labute approximate surface area is 110 Å². The van der Waals surface area contributed by atoms with Crippen molar-refractivity contribution in [1.82, 2.24) is 5.32 Å². The number of amides is 1. The Balaban J connectivity index is 4.03. The third-order valence-electron chi connectivity index (χ3n) is 2.97. The molecule has 18 heavy (non-hydrogen) atoms. The molecule has 1 amide bonds. The first-order valence-electron chi connectivity index (χ1n) is 7.00. The van der Waals surface area contributed by atoms with Crippen LogP contribution >= 0.6 is 0 Å². The number of nitrogens with one attached hydrogen (secondary N) is 1. The van der Waals surface area contributed by atoms with Crippen LogP contribution in [0.5, 0.6) is 0 Å². The average molecular weight is 257 g/mol. The van der Waals surface area contributed by atoms with E-state index in [1.54, 1.807) is 6.92 Å². The molecule has 106 valence electrons. The minimum absolute atomic E-state index is 0.0155. The molecule has 2 N–H and O–H groups in total. The van der Waals surface area contributed by atoms with Crippen molar-refractivity contribution in [3.63, 3.8) is 0 Å². The molecule has 0 saturated heterocycles. The largest absolute Gasteiger partial charge is 0.481 e. The zero-order valence-corrected chi connectivity index (χ0v) is 11.9. The van der Waals surface area contributed by atoms with Gasteiger partial charge in [-0.15, -0.1) is 0 Å². The van der Waals surface area contributed by atoms with Crippen molar-refractivity contribution in [3.8, 4) is 0 Å². The molecule has 0 aliphatic heterocycles. The molecule has 0 aromatic carbocycles. The van der Waals surface area contributed by atoms with Gasteiger partial charge in [-0.3, -0.25) is 9.59 Å². The zero-order valence-electron chi connectivity index (χ0n) is 11.9. The number of carbonyl (C=O) groups is 2. The molecular formula is C14H27NO3. The Morgan fingerprint density at radius 2 is 1.78 bits per heavy atom. The molecule has 0 spiro atoms. The summed E-state index contributed by atoms with van der Waals surface area (Å²) in [4.78, 5) is 22.3. The molecule has 4 nitrogen and oxygen atoms in total. The number of aliphatic carboxylic acids is 1. The normalized spacial score (nSPS) is 13.9. The van der Waals surface area contributed by atoms with Crippen molar-refractivity contribution < 1.29 is 14.7 Å². The summed E-state index contributed by atoms with van der Waals surface area (Å²) in [5.74, 6) is -0.958. The molecule has 0 radical (unpaired) electrons. The van der Waals surface area contributed by atoms with Crippen LogP contribution in [0, 0.1) is 5.92 Å². The summed E-state index contributed by atoms with van der Waals surface area (Å²) in [5, 5.41) is 11.7. The zero-order chi connectivity index (χ0) is 14.0. The topological polar surface area (TPSA) is 66.4 Å². The second-order valence-corrected chi connectivity index (χ2v) is 5.10. The quantitative estimate of drug-likeness (QED) is 0.632. The lowest BCUT2D eigenvalue weighted by atomic mass is 10.0. The fourth-order valence-corrected chi connectivity index (χ4v) is 2.06. The van der Waals surface area contributed by atoms with Gasteiger partial charge in [-0.1, -0.05) is 40.0 Å². The van der Waals surface area contributed by atoms with Gasteiger partial charge in [0.25, 0.3) is 0 Å². The molecule has 0 fully saturated rings. The van der Waals surface area contributed by atoms with E-state index in [4.69, 9.17) is 5.11 Å². The highest BCUT2D eigenvalue weighted by Gasteiger charge is 2.15. The fourth-order valence-electron chi connectivity index (χ4n) is 2.06. The molecule has 0 saturated carbocycles. The van der Waals surface area contributed by atoms with E-state index >= 15 is 0 Å². The number of carboxylic acid groups (broad SMARTS) is 1. The highest BCUT2D eigenvalue weighted by atomic mass is 16.4. The second kappa shape index (κ2) is 9.92. The van der Waals surface area contributed by atoms with Gasteiger partial charge in [-0.25, -0.2) is 0 Å². The number of carboxylic acids is 1. The van der Waals surface area contributed by atoms with E-state index in [0.717, 1.165) is 32.1 Å². The van der Waals surface area contributed by atoms with Crippen LogP contribution in [-0.2, 0) is 9.59 Å². The van der Waals surface area contributed by atoms with Crippen LogP contribution in [0.2, 0.25) is 0 Å². The van der Waals surface area contributed by atoms with Crippen LogP contribution < -0.4 is 5.32 Å². The molecule has 2 unspecified atom stereocenters. The Morgan fingerprint density at radius 1 is 1.11 bits per heavy atom. The van der Waals surface area contributed by atoms with Crippen molar-refractivity contribution in [2.75, 3.05) is 0 Å². The SMILES string of the molecule is CCCCC(CCC)NC(=O)CC(C)CC(=O)O. The van der Waals surface area contributed by atoms with E-state index in [2.05, 4.69) is 19.2 Å². The molecule has 0 heterocycles. The first-order chi connectivity index (χ1) is 8.49. The van der Waals surface area contributed by atoms with E-state index in [0.29, 0.717) is 6.42 Å². The molecule has 0 aromatic heterocycles. The molecule has 4 heteroatoms. The standard InChI is InChI=1S/C14H27NO3/c1-4-6-8-12(7-5-2)15-13(16)9-11(3)10-14(17)18/h11-12H,4-10H2,1-3H3,(H,15,16)(H,17,18). The molecule has 2 atom stereocenters. The van der Waals surface area contributed by atoms with Gasteiger partial charge < -0.3 is 10.4 Å². The maximum Gasteiger partial charge on any atom is 0.303 e. The third-order valence-corrected chi connectivity index (χ3v) is 2.97. The lowest BCUT2D eigenvalue weighted by Gasteiger charge is -2.19. The van der Waals surface area contributed by atoms with E-state index in [-0.39, 0.29) is 24.3 Å². The van der Waals surface area contributed by atoms with Crippen molar-refractivity contribution in [2.24, 2.45) is 5.92 Å². The van der Waals surface area contributed by atoms with Crippen LogP contribution in [0.4, 0.5) is 0 Å². The summed E-state index contributed by atoms with van der Waals surface area (Å²) in [6, 6.07) is 0.250. The van der Waals surface area contributed by atoms with E-state index < -0.39 is 5.97 Å². The van der Waals surface area contributed by atoms with Gasteiger partial charge in [0, 0.05) is 18.9 Å². The smallest absolute Gasteiger partial charge is 0.303 e. The summed E-state index contributed by atoms with van der Waals surface area (Å²) in [7, 11) is 0. The lowest BCUT2D eigenvalue weighted by Crippen LogP contribution is -2.35. The van der Waals surface area contributed by atoms with Crippen molar-refractivity contribution in [1.29, 1.82) is 0 Å². The van der Waals surface area contributed by atoms with Crippen molar-refractivity contribution in [3.05, 3.63) is 0 Å². The highest BCUT2D eigenvalue weighted by molar-refractivity contribution is 5.77. The number of carbonyl (C=O) groups excluding carboxylic acids is 1. The predicted molar refractivity (Wildman–Crippen MR) is 72.4 cm³/mol. The van der Waals surface area contributed by atoms with Crippen LogP contribution in [0.15, 0.2) is 0 Å². The summed E-state index contributed by atoms with van der Waals surface area (Å²) < 4.78 is 0. The van der Waals surface area contributed by atoms with Gasteiger partial charge in [0.1, 0.15) is 0 Å². The summed E-state index contributed by atoms with van der Waals surface area (Å²) in [6.07, 6.45) is 5.68. The van der Waals surface area contributed by atoms with E-state index in [1.165, 1.54) is 0 Å². The summed E-state index contributed by atoms with van der Waals surface area (Å²) >= 11 is 0. The average Bonchev–Trinajstić information content (AvgIpc) is 2.24. The molecule has 0 aromatic rings. The molecule has 0 rings (SSSR count). The van der Waals surface area contributed by atoms with Crippen LogP contribution in [0.3, 0.4) is 0 Å². The minimum Gasteiger partial charge on any atom is -0.481 e. The van der Waals surface area contributed by atoms with Gasteiger partial charge in [-0.05, 0) is 18.8 Å². The Hall–Kier alpha value is -1.06. The fraction of sp³-hybridized carbons (Fsp3) is 0.857. The van der Waals surface area contributed by atoms with E-state index in [9.17, 15) is 9.59 Å². The Kier molecular flexibility index (Phi) is 9.33. The number of rotatable bonds is 10. The number of hydrogen-bond donors (Lipinski definition) is 2. The van der Waals surface area contributed by atoms with Gasteiger partial charge in [-0.2, -0.15) is 0 Å². The van der Waals surface area contributed by atoms with Gasteiger partial charge in [0.15, 0.2) is 0 Å². The summed E-state index contributed by atoms with van der Waals surface area (Å²) in [6.45, 7) is 6.05. The maximum absolute atomic E-state index is 11.8. The molecule has 0 bridgehead atoms. The van der Waals surface area contributed by atoms with Crippen molar-refractivity contribution in [2.45, 2.75) is 71.8 Å². The van der Waals surface area contributed by atoms with Crippen molar-refractivity contribution >= 4 is 11.9 Å². The number of unbranched alkanes of at least 4 members (excludes halogenated alkanes) is 1. The van der Waals surface area contributed by atoms with Crippen LogP contribution in [0.25, 0.3) is 0 Å². The van der Waals surface area contributed by atoms with Crippen LogP contribution in [0.1, 0.15) is 65.7 Å². The lowest BCUT2D eigenvalue weighted by molar-refractivity contribution is -0.138. The second-order valence-electron chi connectivity index (χ2n) is 5.10. The van der Waals surface area contributed by atoms with Crippen LogP contribution in [-0.4, -0.2) is 23.0 Å². The molecule has 0 aliphatic rings. The Bertz CT molecular complexity index is 253. The first kappa shape index (κ1) is 16.9. The van der Waals surface area contributed by atoms with E-state index in [1.807, 2.05) is 0 Å².